The molecule has 0 bridgehead atoms. The molecule has 6 nitrogen and oxygen atoms in total. The number of carbonyl (C=O) groups is 1. The van der Waals surface area contributed by atoms with Crippen molar-refractivity contribution in [2.45, 2.75) is 31.8 Å². The molecule has 0 amide bonds. The van der Waals surface area contributed by atoms with Gasteiger partial charge in [0.2, 0.25) is 10.0 Å². The summed E-state index contributed by atoms with van der Waals surface area (Å²) in [6, 6.07) is 20.2. The fraction of sp³-hybridized carbons (Fsp3) is 0.240. The summed E-state index contributed by atoms with van der Waals surface area (Å²) in [7, 11) is -2.48. The Morgan fingerprint density at radius 3 is 2.22 bits per heavy atom. The fourth-order valence-electron chi connectivity index (χ4n) is 3.11. The van der Waals surface area contributed by atoms with Crippen LogP contribution in [0.15, 0.2) is 71.6 Å². The lowest BCUT2D eigenvalue weighted by atomic mass is 10.1. The molecule has 32 heavy (non-hydrogen) atoms. The predicted octanol–water partition coefficient (Wildman–Crippen LogP) is 4.19. The monoisotopic (exact) mass is 453 g/mol. The first-order chi connectivity index (χ1) is 15.3. The van der Waals surface area contributed by atoms with Crippen molar-refractivity contribution in [2.75, 3.05) is 13.7 Å². The van der Waals surface area contributed by atoms with Crippen molar-refractivity contribution in [1.82, 2.24) is 4.72 Å². The summed E-state index contributed by atoms with van der Waals surface area (Å²) < 4.78 is 38.3. The second kappa shape index (κ2) is 10.4. The quantitative estimate of drug-likeness (QED) is 0.491. The van der Waals surface area contributed by atoms with Crippen LogP contribution in [0.25, 0.3) is 0 Å². The highest BCUT2D eigenvalue weighted by molar-refractivity contribution is 7.89. The molecule has 0 aliphatic heterocycles. The number of esters is 1. The summed E-state index contributed by atoms with van der Waals surface area (Å²) in [5, 5.41) is 0. The van der Waals surface area contributed by atoms with Gasteiger partial charge >= 0.3 is 5.97 Å². The molecule has 7 heteroatoms. The smallest absolute Gasteiger partial charge is 0.338 e. The number of nitrogens with one attached hydrogen (secondary N) is 1. The molecule has 0 aliphatic rings. The zero-order valence-electron chi connectivity index (χ0n) is 18.4. The molecule has 3 rings (SSSR count). The minimum Gasteiger partial charge on any atom is -0.489 e. The topological polar surface area (TPSA) is 81.7 Å². The van der Waals surface area contributed by atoms with Crippen LogP contribution in [0.4, 0.5) is 0 Å². The van der Waals surface area contributed by atoms with Gasteiger partial charge in [0.05, 0.1) is 17.6 Å². The van der Waals surface area contributed by atoms with E-state index in [2.05, 4.69) is 16.9 Å². The number of benzene rings is 3. The van der Waals surface area contributed by atoms with Crippen LogP contribution < -0.4 is 9.46 Å². The summed E-state index contributed by atoms with van der Waals surface area (Å²) in [6.45, 7) is 4.49. The Bertz CT molecular complexity index is 1170. The first-order valence-corrected chi connectivity index (χ1v) is 11.7. The molecule has 0 spiro atoms. The van der Waals surface area contributed by atoms with Gasteiger partial charge in [-0.3, -0.25) is 0 Å². The predicted molar refractivity (Wildman–Crippen MR) is 123 cm³/mol. The first-order valence-electron chi connectivity index (χ1n) is 10.2. The molecule has 1 N–H and O–H groups in total. The third-order valence-corrected chi connectivity index (χ3v) is 6.54. The van der Waals surface area contributed by atoms with Gasteiger partial charge in [0.15, 0.2) is 0 Å². The second-order valence-corrected chi connectivity index (χ2v) is 9.30. The van der Waals surface area contributed by atoms with E-state index in [1.807, 2.05) is 43.3 Å². The van der Waals surface area contributed by atoms with Crippen LogP contribution >= 0.6 is 0 Å². The van der Waals surface area contributed by atoms with E-state index in [-0.39, 0.29) is 17.0 Å². The molecule has 0 fully saturated rings. The van der Waals surface area contributed by atoms with Crippen LogP contribution in [-0.4, -0.2) is 28.0 Å². The highest BCUT2D eigenvalue weighted by atomic mass is 32.2. The maximum Gasteiger partial charge on any atom is 0.338 e. The van der Waals surface area contributed by atoms with Gasteiger partial charge in [-0.25, -0.2) is 17.9 Å². The molecular weight excluding hydrogens is 426 g/mol. The lowest BCUT2D eigenvalue weighted by molar-refractivity contribution is 0.0599. The number of rotatable bonds is 9. The van der Waals surface area contributed by atoms with Crippen molar-refractivity contribution in [1.29, 1.82) is 0 Å². The number of ether oxygens (including phenoxy) is 2. The Morgan fingerprint density at radius 1 is 0.906 bits per heavy atom. The number of methoxy groups -OCH3 is 1. The van der Waals surface area contributed by atoms with Gasteiger partial charge in [-0.1, -0.05) is 48.0 Å². The van der Waals surface area contributed by atoms with E-state index in [4.69, 9.17) is 9.47 Å². The number of aryl methyl sites for hydroxylation is 2. The van der Waals surface area contributed by atoms with Gasteiger partial charge in [-0.05, 0) is 61.2 Å². The molecule has 0 aliphatic carbocycles. The van der Waals surface area contributed by atoms with E-state index >= 15 is 0 Å². The molecule has 0 aromatic heterocycles. The molecule has 3 aromatic rings. The number of carbonyl (C=O) groups excluding carboxylic acids is 1. The Morgan fingerprint density at radius 2 is 1.56 bits per heavy atom. The molecule has 0 unspecified atom stereocenters. The fourth-order valence-corrected chi connectivity index (χ4v) is 4.17. The molecule has 3 aromatic carbocycles. The summed E-state index contributed by atoms with van der Waals surface area (Å²) in [5.41, 5.74) is 4.17. The summed E-state index contributed by atoms with van der Waals surface area (Å²) in [4.78, 5) is 11.9. The summed E-state index contributed by atoms with van der Waals surface area (Å²) in [6.07, 6.45) is 0.521. The largest absolute Gasteiger partial charge is 0.489 e. The van der Waals surface area contributed by atoms with Crippen LogP contribution in [0.1, 0.15) is 32.6 Å². The molecule has 0 saturated carbocycles. The third kappa shape index (κ3) is 6.18. The van der Waals surface area contributed by atoms with Crippen molar-refractivity contribution < 1.29 is 22.7 Å². The van der Waals surface area contributed by atoms with Crippen LogP contribution in [-0.2, 0) is 27.8 Å². The molecule has 0 saturated heterocycles. The van der Waals surface area contributed by atoms with Gasteiger partial charge in [0.1, 0.15) is 12.4 Å². The minimum atomic E-state index is -3.74. The zero-order valence-corrected chi connectivity index (χ0v) is 19.2. The third-order valence-electron chi connectivity index (χ3n) is 5.08. The van der Waals surface area contributed by atoms with Crippen LogP contribution in [0.3, 0.4) is 0 Å². The van der Waals surface area contributed by atoms with Gasteiger partial charge in [0, 0.05) is 6.54 Å². The van der Waals surface area contributed by atoms with Crippen molar-refractivity contribution in [2.24, 2.45) is 0 Å². The van der Waals surface area contributed by atoms with Crippen molar-refractivity contribution in [3.8, 4) is 5.75 Å². The molecule has 0 atom stereocenters. The van der Waals surface area contributed by atoms with Gasteiger partial charge < -0.3 is 9.47 Å². The standard InChI is InChI=1S/C25H27NO5S/c1-18-4-7-21(8-5-18)17-31-22-11-9-20(10-12-22)14-15-26-32(28,29)23-13-6-19(2)24(16-23)25(27)30-3/h4-13,16,26H,14-15,17H2,1-3H3. The average molecular weight is 454 g/mol. The molecule has 0 radical (unpaired) electrons. The normalized spacial score (nSPS) is 11.2. The minimum absolute atomic E-state index is 0.0309. The van der Waals surface area contributed by atoms with E-state index in [0.717, 1.165) is 16.9 Å². The highest BCUT2D eigenvalue weighted by Gasteiger charge is 2.18. The first kappa shape index (κ1) is 23.5. The Labute approximate surface area is 189 Å². The SMILES string of the molecule is COC(=O)c1cc(S(=O)(=O)NCCc2ccc(OCc3ccc(C)cc3)cc2)ccc1C. The molecule has 168 valence electrons. The lowest BCUT2D eigenvalue weighted by Crippen LogP contribution is -2.26. The maximum absolute atomic E-state index is 12.6. The van der Waals surface area contributed by atoms with E-state index in [0.29, 0.717) is 18.6 Å². The summed E-state index contributed by atoms with van der Waals surface area (Å²) in [5.74, 6) is 0.189. The highest BCUT2D eigenvalue weighted by Crippen LogP contribution is 2.18. The van der Waals surface area contributed by atoms with Gasteiger partial charge in [-0.2, -0.15) is 0 Å². The summed E-state index contributed by atoms with van der Waals surface area (Å²) >= 11 is 0. The number of hydrogen-bond donors (Lipinski definition) is 1. The van der Waals surface area contributed by atoms with Crippen LogP contribution in [0, 0.1) is 13.8 Å². The van der Waals surface area contributed by atoms with E-state index < -0.39 is 16.0 Å². The Balaban J connectivity index is 1.54. The molecule has 0 heterocycles. The zero-order chi connectivity index (χ0) is 23.1. The van der Waals surface area contributed by atoms with Crippen molar-refractivity contribution >= 4 is 16.0 Å². The molecular formula is C25H27NO5S. The maximum atomic E-state index is 12.6. The van der Waals surface area contributed by atoms with Crippen LogP contribution in [0.5, 0.6) is 5.75 Å². The number of hydrogen-bond acceptors (Lipinski definition) is 5. The van der Waals surface area contributed by atoms with E-state index in [9.17, 15) is 13.2 Å². The van der Waals surface area contributed by atoms with Crippen molar-refractivity contribution in [3.63, 3.8) is 0 Å². The van der Waals surface area contributed by atoms with Gasteiger partial charge in [0.25, 0.3) is 0 Å². The average Bonchev–Trinajstić information content (AvgIpc) is 2.79. The van der Waals surface area contributed by atoms with E-state index in [1.165, 1.54) is 24.8 Å². The Kier molecular flexibility index (Phi) is 7.66. The lowest BCUT2D eigenvalue weighted by Gasteiger charge is -2.10. The van der Waals surface area contributed by atoms with Gasteiger partial charge in [-0.15, -0.1) is 0 Å². The van der Waals surface area contributed by atoms with Crippen LogP contribution in [0.2, 0.25) is 0 Å². The Hall–Kier alpha value is -3.16. The van der Waals surface area contributed by atoms with E-state index in [1.54, 1.807) is 13.0 Å². The second-order valence-electron chi connectivity index (χ2n) is 7.53. The van der Waals surface area contributed by atoms with Crippen molar-refractivity contribution in [3.05, 3.63) is 94.5 Å². The number of sulfonamides is 1.